The third-order valence-corrected chi connectivity index (χ3v) is 4.99. The van der Waals surface area contributed by atoms with E-state index < -0.39 is 6.17 Å². The molecule has 0 saturated heterocycles. The number of allylic oxidation sites excluding steroid dienone is 1. The maximum atomic E-state index is 10.5. The molecule has 2 heterocycles. The molecule has 1 aliphatic carbocycles. The topological polar surface area (TPSA) is 69.0 Å². The van der Waals surface area contributed by atoms with Gasteiger partial charge in [-0.1, -0.05) is 43.5 Å². The average molecular weight is 323 g/mol. The average Bonchev–Trinajstić information content (AvgIpc) is 2.64. The summed E-state index contributed by atoms with van der Waals surface area (Å²) in [7, 11) is 0. The number of aliphatic imine (C=N–C) groups is 1. The molecule has 1 aliphatic heterocycles. The highest BCUT2D eigenvalue weighted by Crippen LogP contribution is 2.37. The van der Waals surface area contributed by atoms with Crippen LogP contribution in [0.2, 0.25) is 0 Å². The molecule has 4 rings (SSSR count). The van der Waals surface area contributed by atoms with E-state index in [2.05, 4.69) is 9.98 Å². The minimum Gasteiger partial charge on any atom is -0.502 e. The summed E-state index contributed by atoms with van der Waals surface area (Å²) in [5.41, 5.74) is 0.814. The van der Waals surface area contributed by atoms with Crippen molar-refractivity contribution in [3.8, 4) is 0 Å². The van der Waals surface area contributed by atoms with E-state index >= 15 is 0 Å². The second-order valence-corrected chi connectivity index (χ2v) is 6.48. The predicted octanol–water partition coefficient (Wildman–Crippen LogP) is 4.24. The molecule has 1 aromatic heterocycles. The lowest BCUT2D eigenvalue weighted by atomic mass is 9.93. The van der Waals surface area contributed by atoms with Gasteiger partial charge in [0, 0.05) is 17.6 Å². The van der Waals surface area contributed by atoms with Crippen LogP contribution < -0.4 is 0 Å². The molecule has 2 aromatic rings. The molecule has 1 fully saturated rings. The Bertz CT molecular complexity index is 804. The molecule has 2 aliphatic rings. The van der Waals surface area contributed by atoms with E-state index in [0.29, 0.717) is 0 Å². The molecule has 0 spiro atoms. The van der Waals surface area contributed by atoms with E-state index in [9.17, 15) is 10.2 Å². The van der Waals surface area contributed by atoms with E-state index in [1.807, 2.05) is 35.2 Å². The van der Waals surface area contributed by atoms with Crippen LogP contribution in [0.3, 0.4) is 0 Å². The zero-order valence-electron chi connectivity index (χ0n) is 13.5. The minimum atomic E-state index is -0.407. The normalized spacial score (nSPS) is 22.3. The Morgan fingerprint density at radius 3 is 2.62 bits per heavy atom. The Balaban J connectivity index is 1.81. The summed E-state index contributed by atoms with van der Waals surface area (Å²) in [6.07, 6.45) is 8.19. The quantitative estimate of drug-likeness (QED) is 0.867. The lowest BCUT2D eigenvalue weighted by Gasteiger charge is -2.40. The first-order valence-electron chi connectivity index (χ1n) is 8.53. The number of benzene rings is 1. The van der Waals surface area contributed by atoms with Crippen LogP contribution in [-0.4, -0.2) is 32.4 Å². The van der Waals surface area contributed by atoms with Gasteiger partial charge in [-0.15, -0.1) is 0 Å². The van der Waals surface area contributed by atoms with E-state index in [1.165, 1.54) is 12.6 Å². The van der Waals surface area contributed by atoms with E-state index in [1.54, 1.807) is 6.20 Å². The third kappa shape index (κ3) is 2.50. The standard InChI is InChI=1S/C19H21N3O2/c23-16-12-21-18(22(19(16)24)14-7-2-1-3-8-14)17-15-9-5-4-6-13(15)10-11-20-17/h4-6,9-12,14,18,23-24H,1-3,7-8H2. The van der Waals surface area contributed by atoms with Crippen molar-refractivity contribution in [1.82, 2.24) is 9.88 Å². The van der Waals surface area contributed by atoms with Crippen LogP contribution in [-0.2, 0) is 0 Å². The van der Waals surface area contributed by atoms with Crippen LogP contribution in [0.5, 0.6) is 0 Å². The molecule has 1 unspecified atom stereocenters. The molecule has 0 radical (unpaired) electrons. The first-order valence-corrected chi connectivity index (χ1v) is 8.53. The molecule has 2 N–H and O–H groups in total. The number of aliphatic hydroxyl groups excluding tert-OH is 2. The second-order valence-electron chi connectivity index (χ2n) is 6.48. The number of nitrogens with zero attached hydrogens (tertiary/aromatic N) is 3. The smallest absolute Gasteiger partial charge is 0.234 e. The number of fused-ring (bicyclic) bond motifs is 1. The zero-order valence-corrected chi connectivity index (χ0v) is 13.5. The number of rotatable bonds is 2. The number of pyridine rings is 1. The largest absolute Gasteiger partial charge is 0.502 e. The van der Waals surface area contributed by atoms with Gasteiger partial charge in [-0.25, -0.2) is 0 Å². The van der Waals surface area contributed by atoms with Crippen molar-refractivity contribution in [2.75, 3.05) is 0 Å². The molecule has 0 bridgehead atoms. The first kappa shape index (κ1) is 15.0. The van der Waals surface area contributed by atoms with Crippen LogP contribution in [0.1, 0.15) is 44.0 Å². The van der Waals surface area contributed by atoms with Crippen LogP contribution in [0.4, 0.5) is 0 Å². The van der Waals surface area contributed by atoms with Crippen LogP contribution in [0, 0.1) is 0 Å². The van der Waals surface area contributed by atoms with Crippen molar-refractivity contribution < 1.29 is 10.2 Å². The minimum absolute atomic E-state index is 0.0864. The second kappa shape index (κ2) is 6.15. The van der Waals surface area contributed by atoms with Gasteiger partial charge in [-0.2, -0.15) is 0 Å². The molecule has 124 valence electrons. The van der Waals surface area contributed by atoms with Crippen molar-refractivity contribution in [2.24, 2.45) is 4.99 Å². The maximum Gasteiger partial charge on any atom is 0.234 e. The Kier molecular flexibility index (Phi) is 3.84. The van der Waals surface area contributed by atoms with Gasteiger partial charge >= 0.3 is 0 Å². The Morgan fingerprint density at radius 1 is 1.00 bits per heavy atom. The summed E-state index contributed by atoms with van der Waals surface area (Å²) in [5, 5.41) is 22.6. The molecular weight excluding hydrogens is 302 g/mol. The monoisotopic (exact) mass is 323 g/mol. The Hall–Kier alpha value is -2.56. The van der Waals surface area contributed by atoms with Crippen LogP contribution >= 0.6 is 0 Å². The van der Waals surface area contributed by atoms with Gasteiger partial charge in [0.2, 0.25) is 5.88 Å². The van der Waals surface area contributed by atoms with Gasteiger partial charge in [0.15, 0.2) is 11.9 Å². The maximum absolute atomic E-state index is 10.5. The first-order chi connectivity index (χ1) is 11.8. The van der Waals surface area contributed by atoms with Crippen molar-refractivity contribution in [1.29, 1.82) is 0 Å². The van der Waals surface area contributed by atoms with Crippen molar-refractivity contribution >= 4 is 17.0 Å². The fourth-order valence-electron chi connectivity index (χ4n) is 3.80. The highest BCUT2D eigenvalue weighted by atomic mass is 16.3. The van der Waals surface area contributed by atoms with E-state index in [-0.39, 0.29) is 17.7 Å². The van der Waals surface area contributed by atoms with Crippen molar-refractivity contribution in [2.45, 2.75) is 44.3 Å². The Labute approximate surface area is 141 Å². The molecule has 1 atom stereocenters. The summed E-state index contributed by atoms with van der Waals surface area (Å²) in [5.74, 6) is -0.256. The highest BCUT2D eigenvalue weighted by Gasteiger charge is 2.35. The van der Waals surface area contributed by atoms with Crippen LogP contribution in [0.25, 0.3) is 10.8 Å². The summed E-state index contributed by atoms with van der Waals surface area (Å²) in [4.78, 5) is 10.9. The summed E-state index contributed by atoms with van der Waals surface area (Å²) < 4.78 is 0. The third-order valence-electron chi connectivity index (χ3n) is 4.99. The zero-order chi connectivity index (χ0) is 16.5. The molecule has 0 amide bonds. The molecular formula is C19H21N3O2. The van der Waals surface area contributed by atoms with Gasteiger partial charge in [-0.3, -0.25) is 9.98 Å². The fraction of sp³-hybridized carbons (Fsp3) is 0.368. The number of hydrogen-bond acceptors (Lipinski definition) is 5. The summed E-state index contributed by atoms with van der Waals surface area (Å²) >= 11 is 0. The van der Waals surface area contributed by atoms with Crippen LogP contribution in [0.15, 0.2) is 53.2 Å². The van der Waals surface area contributed by atoms with Gasteiger partial charge in [-0.05, 0) is 24.3 Å². The van der Waals surface area contributed by atoms with E-state index in [4.69, 9.17) is 0 Å². The fourth-order valence-corrected chi connectivity index (χ4v) is 3.80. The highest BCUT2D eigenvalue weighted by molar-refractivity contribution is 5.85. The molecule has 5 nitrogen and oxygen atoms in total. The van der Waals surface area contributed by atoms with Gasteiger partial charge in [0.1, 0.15) is 0 Å². The molecule has 1 saturated carbocycles. The molecule has 5 heteroatoms. The summed E-state index contributed by atoms with van der Waals surface area (Å²) in [6, 6.07) is 10.2. The van der Waals surface area contributed by atoms with Gasteiger partial charge in [0.05, 0.1) is 11.9 Å². The number of aromatic nitrogens is 1. The van der Waals surface area contributed by atoms with E-state index in [0.717, 1.165) is 42.1 Å². The SMILES string of the molecule is OC1=C(O)N(C2CCCCC2)C(c2nccc3ccccc23)N=C1. The predicted molar refractivity (Wildman–Crippen MR) is 94.0 cm³/mol. The molecule has 24 heavy (non-hydrogen) atoms. The molecule has 1 aromatic carbocycles. The lowest BCUT2D eigenvalue weighted by Crippen LogP contribution is -2.41. The lowest BCUT2D eigenvalue weighted by molar-refractivity contribution is 0.0689. The Morgan fingerprint density at radius 2 is 1.79 bits per heavy atom. The number of aliphatic hydroxyl groups is 2. The van der Waals surface area contributed by atoms with Gasteiger partial charge in [0.25, 0.3) is 0 Å². The van der Waals surface area contributed by atoms with Crippen molar-refractivity contribution in [3.05, 3.63) is 53.9 Å². The summed E-state index contributed by atoms with van der Waals surface area (Å²) in [6.45, 7) is 0. The van der Waals surface area contributed by atoms with Crippen molar-refractivity contribution in [3.63, 3.8) is 0 Å². The van der Waals surface area contributed by atoms with Gasteiger partial charge < -0.3 is 15.1 Å². The number of hydrogen-bond donors (Lipinski definition) is 2.